The number of hydrogen-bond acceptors (Lipinski definition) is 2. The fourth-order valence-electron chi connectivity index (χ4n) is 2.70. The molecular weight excluding hydrogens is 220 g/mol. The summed E-state index contributed by atoms with van der Waals surface area (Å²) in [6, 6.07) is 5.78. The third kappa shape index (κ3) is 1.49. The second-order valence-electron chi connectivity index (χ2n) is 5.40. The molecule has 0 radical (unpaired) electrons. The van der Waals surface area contributed by atoms with Crippen LogP contribution in [0.1, 0.15) is 38.3 Å². The average molecular weight is 238 g/mol. The van der Waals surface area contributed by atoms with E-state index in [1.807, 2.05) is 32.0 Å². The van der Waals surface area contributed by atoms with Gasteiger partial charge in [-0.15, -0.1) is 0 Å². The summed E-state index contributed by atoms with van der Waals surface area (Å²) in [6.07, 6.45) is 0.700. The molecule has 3 heteroatoms. The SMILES string of the molecule is Cc1cccc2c1S(=O)(=O)C(C)CC2(C)C. The van der Waals surface area contributed by atoms with Crippen LogP contribution >= 0.6 is 0 Å². The minimum atomic E-state index is -3.12. The minimum absolute atomic E-state index is 0.0495. The summed E-state index contributed by atoms with van der Waals surface area (Å²) in [5.74, 6) is 0. The fourth-order valence-corrected chi connectivity index (χ4v) is 4.91. The van der Waals surface area contributed by atoms with E-state index in [0.717, 1.165) is 11.1 Å². The Labute approximate surface area is 97.6 Å². The summed E-state index contributed by atoms with van der Waals surface area (Å²) in [5, 5.41) is -0.281. The molecule has 0 fully saturated rings. The van der Waals surface area contributed by atoms with Gasteiger partial charge in [-0.3, -0.25) is 0 Å². The molecule has 16 heavy (non-hydrogen) atoms. The van der Waals surface area contributed by atoms with Crippen molar-refractivity contribution in [1.82, 2.24) is 0 Å². The van der Waals surface area contributed by atoms with Crippen molar-refractivity contribution < 1.29 is 8.42 Å². The molecule has 2 rings (SSSR count). The molecule has 88 valence electrons. The number of sulfone groups is 1. The molecule has 1 atom stereocenters. The number of fused-ring (bicyclic) bond motifs is 1. The molecule has 1 aromatic carbocycles. The second kappa shape index (κ2) is 3.33. The van der Waals surface area contributed by atoms with Crippen LogP contribution < -0.4 is 0 Å². The van der Waals surface area contributed by atoms with Crippen LogP contribution in [-0.2, 0) is 15.3 Å². The van der Waals surface area contributed by atoms with Gasteiger partial charge in [-0.2, -0.15) is 0 Å². The van der Waals surface area contributed by atoms with Gasteiger partial charge in [0.25, 0.3) is 0 Å². The quantitative estimate of drug-likeness (QED) is 0.696. The smallest absolute Gasteiger partial charge is 0.181 e. The first-order chi connectivity index (χ1) is 7.27. The largest absolute Gasteiger partial charge is 0.223 e. The van der Waals surface area contributed by atoms with Crippen LogP contribution in [0.4, 0.5) is 0 Å². The minimum Gasteiger partial charge on any atom is -0.223 e. The summed E-state index contributed by atoms with van der Waals surface area (Å²) in [4.78, 5) is 0.568. The lowest BCUT2D eigenvalue weighted by molar-refractivity contribution is 0.437. The second-order valence-corrected chi connectivity index (χ2v) is 7.70. The number of aryl methyl sites for hydroxylation is 1. The lowest BCUT2D eigenvalue weighted by atomic mass is 9.79. The molecule has 1 aliphatic rings. The van der Waals surface area contributed by atoms with Crippen molar-refractivity contribution in [3.8, 4) is 0 Å². The molecule has 1 aliphatic heterocycles. The fraction of sp³-hybridized carbons (Fsp3) is 0.538. The van der Waals surface area contributed by atoms with Gasteiger partial charge in [0, 0.05) is 0 Å². The Morgan fingerprint density at radius 1 is 1.31 bits per heavy atom. The van der Waals surface area contributed by atoms with E-state index in [0.29, 0.717) is 11.3 Å². The van der Waals surface area contributed by atoms with Crippen LogP contribution in [0.2, 0.25) is 0 Å². The van der Waals surface area contributed by atoms with Crippen molar-refractivity contribution >= 4 is 9.84 Å². The zero-order chi connectivity index (χ0) is 12.1. The van der Waals surface area contributed by atoms with Gasteiger partial charge < -0.3 is 0 Å². The average Bonchev–Trinajstić information content (AvgIpc) is 2.14. The van der Waals surface area contributed by atoms with Crippen molar-refractivity contribution in [3.05, 3.63) is 29.3 Å². The molecule has 2 nitrogen and oxygen atoms in total. The number of hydrogen-bond donors (Lipinski definition) is 0. The van der Waals surface area contributed by atoms with E-state index >= 15 is 0 Å². The predicted octanol–water partition coefficient (Wildman–Crippen LogP) is 2.84. The van der Waals surface area contributed by atoms with Crippen LogP contribution in [0.5, 0.6) is 0 Å². The lowest BCUT2D eigenvalue weighted by Crippen LogP contribution is -2.36. The lowest BCUT2D eigenvalue weighted by Gasteiger charge is -2.36. The van der Waals surface area contributed by atoms with E-state index in [4.69, 9.17) is 0 Å². The van der Waals surface area contributed by atoms with Crippen LogP contribution in [0.25, 0.3) is 0 Å². The van der Waals surface area contributed by atoms with Gasteiger partial charge in [0.15, 0.2) is 9.84 Å². The summed E-state index contributed by atoms with van der Waals surface area (Å²) in [7, 11) is -3.12. The van der Waals surface area contributed by atoms with Gasteiger partial charge in [0.1, 0.15) is 0 Å². The Balaban J connectivity index is 2.84. The van der Waals surface area contributed by atoms with Gasteiger partial charge >= 0.3 is 0 Å². The van der Waals surface area contributed by atoms with Crippen molar-refractivity contribution in [1.29, 1.82) is 0 Å². The Bertz CT molecular complexity index is 527. The van der Waals surface area contributed by atoms with Gasteiger partial charge in [-0.1, -0.05) is 32.0 Å². The summed E-state index contributed by atoms with van der Waals surface area (Å²) in [6.45, 7) is 7.93. The predicted molar refractivity (Wildman–Crippen MR) is 65.5 cm³/mol. The van der Waals surface area contributed by atoms with Gasteiger partial charge in [-0.25, -0.2) is 8.42 Å². The monoisotopic (exact) mass is 238 g/mol. The molecule has 0 N–H and O–H groups in total. The van der Waals surface area contributed by atoms with E-state index < -0.39 is 9.84 Å². The maximum absolute atomic E-state index is 12.3. The number of rotatable bonds is 0. The Kier molecular flexibility index (Phi) is 2.42. The van der Waals surface area contributed by atoms with Crippen LogP contribution in [0.3, 0.4) is 0 Å². The van der Waals surface area contributed by atoms with E-state index in [1.54, 1.807) is 0 Å². The van der Waals surface area contributed by atoms with Crippen molar-refractivity contribution in [3.63, 3.8) is 0 Å². The van der Waals surface area contributed by atoms with E-state index in [9.17, 15) is 8.42 Å². The maximum atomic E-state index is 12.3. The summed E-state index contributed by atoms with van der Waals surface area (Å²) >= 11 is 0. The van der Waals surface area contributed by atoms with E-state index in [2.05, 4.69) is 13.8 Å². The van der Waals surface area contributed by atoms with Crippen LogP contribution in [0.15, 0.2) is 23.1 Å². The van der Waals surface area contributed by atoms with Crippen LogP contribution in [0, 0.1) is 6.92 Å². The molecule has 0 aliphatic carbocycles. The topological polar surface area (TPSA) is 34.1 Å². The first-order valence-corrected chi connectivity index (χ1v) is 7.15. The highest BCUT2D eigenvalue weighted by atomic mass is 32.2. The van der Waals surface area contributed by atoms with Gasteiger partial charge in [0.05, 0.1) is 10.1 Å². The third-order valence-corrected chi connectivity index (χ3v) is 5.89. The first-order valence-electron chi connectivity index (χ1n) is 5.61. The highest BCUT2D eigenvalue weighted by Gasteiger charge is 2.41. The molecule has 1 aromatic rings. The third-order valence-electron chi connectivity index (χ3n) is 3.55. The molecule has 0 saturated carbocycles. The van der Waals surface area contributed by atoms with Crippen LogP contribution in [-0.4, -0.2) is 13.7 Å². The standard InChI is InChI=1S/C13H18O2S/c1-9-6-5-7-11-12(9)16(14,15)10(2)8-13(11,3)4/h5-7,10H,8H2,1-4H3. The van der Waals surface area contributed by atoms with Crippen molar-refractivity contribution in [2.75, 3.05) is 0 Å². The Morgan fingerprint density at radius 2 is 1.94 bits per heavy atom. The first kappa shape index (κ1) is 11.6. The van der Waals surface area contributed by atoms with E-state index in [-0.39, 0.29) is 10.7 Å². The molecule has 1 unspecified atom stereocenters. The molecule has 0 spiro atoms. The number of benzene rings is 1. The molecule has 0 amide bonds. The van der Waals surface area contributed by atoms with Gasteiger partial charge in [0.2, 0.25) is 0 Å². The highest BCUT2D eigenvalue weighted by molar-refractivity contribution is 7.92. The van der Waals surface area contributed by atoms with Gasteiger partial charge in [-0.05, 0) is 36.8 Å². The zero-order valence-electron chi connectivity index (χ0n) is 10.2. The molecule has 0 saturated heterocycles. The zero-order valence-corrected chi connectivity index (χ0v) is 11.1. The maximum Gasteiger partial charge on any atom is 0.181 e. The normalized spacial score (nSPS) is 26.1. The summed E-state index contributed by atoms with van der Waals surface area (Å²) in [5.41, 5.74) is 1.80. The Morgan fingerprint density at radius 3 is 2.56 bits per heavy atom. The highest BCUT2D eigenvalue weighted by Crippen LogP contribution is 2.42. The molecular formula is C13H18O2S. The Hall–Kier alpha value is -0.830. The van der Waals surface area contributed by atoms with E-state index in [1.165, 1.54) is 0 Å². The molecule has 0 aromatic heterocycles. The summed E-state index contributed by atoms with van der Waals surface area (Å²) < 4.78 is 24.6. The molecule has 0 bridgehead atoms. The molecule has 1 heterocycles. The van der Waals surface area contributed by atoms with Crippen molar-refractivity contribution in [2.45, 2.75) is 49.7 Å². The van der Waals surface area contributed by atoms with Crippen molar-refractivity contribution in [2.24, 2.45) is 0 Å².